The van der Waals surface area contributed by atoms with Crippen LogP contribution in [-0.4, -0.2) is 34.8 Å². The van der Waals surface area contributed by atoms with Crippen LogP contribution in [0.4, 0.5) is 16.4 Å². The summed E-state index contributed by atoms with van der Waals surface area (Å²) in [6.45, 7) is 13.0. The van der Waals surface area contributed by atoms with Gasteiger partial charge in [-0.1, -0.05) is 18.2 Å². The second-order valence-electron chi connectivity index (χ2n) is 4.84. The highest BCUT2D eigenvalue weighted by Gasteiger charge is 2.15. The number of alkyl carbamates (subject to hydrolysis) is 1. The third-order valence-electron chi connectivity index (χ3n) is 1.92. The Balaban J connectivity index is 2.33. The first kappa shape index (κ1) is 16.0. The molecule has 1 heterocycles. The summed E-state index contributed by atoms with van der Waals surface area (Å²) in [5, 5.41) is 5.56. The van der Waals surface area contributed by atoms with E-state index in [4.69, 9.17) is 22.9 Å². The standard InChI is InChI=1S/C12H16ClN5O2/c1-12(2,3)20-11(19)16-6-5-15-8-7-17-10(14-4)9(13)18-8/h7H,5-6H2,1-3H3,(H,15,18)(H,16,19). The number of amides is 1. The molecule has 0 radical (unpaired) electrons. The fourth-order valence-electron chi connectivity index (χ4n) is 1.19. The molecule has 0 aliphatic rings. The maximum absolute atomic E-state index is 11.4. The molecule has 0 aliphatic carbocycles. The first-order valence-corrected chi connectivity index (χ1v) is 6.30. The maximum atomic E-state index is 11.4. The number of carbonyl (C=O) groups is 1. The molecule has 1 aromatic rings. The summed E-state index contributed by atoms with van der Waals surface area (Å²) in [5.41, 5.74) is -0.522. The van der Waals surface area contributed by atoms with Crippen LogP contribution in [-0.2, 0) is 4.74 Å². The van der Waals surface area contributed by atoms with E-state index in [0.717, 1.165) is 0 Å². The fraction of sp³-hybridized carbons (Fsp3) is 0.500. The lowest BCUT2D eigenvalue weighted by molar-refractivity contribution is 0.0530. The van der Waals surface area contributed by atoms with E-state index in [0.29, 0.717) is 18.9 Å². The molecule has 1 aromatic heterocycles. The molecule has 8 heteroatoms. The smallest absolute Gasteiger partial charge is 0.407 e. The van der Waals surface area contributed by atoms with Gasteiger partial charge in [-0.15, -0.1) is 4.98 Å². The molecule has 1 rings (SSSR count). The summed E-state index contributed by atoms with van der Waals surface area (Å²) in [4.78, 5) is 22.3. The van der Waals surface area contributed by atoms with E-state index < -0.39 is 11.7 Å². The molecule has 0 aromatic carbocycles. The number of anilines is 1. The molecule has 7 nitrogen and oxygen atoms in total. The van der Waals surface area contributed by atoms with Gasteiger partial charge in [0.05, 0.1) is 0 Å². The van der Waals surface area contributed by atoms with E-state index >= 15 is 0 Å². The molecule has 20 heavy (non-hydrogen) atoms. The maximum Gasteiger partial charge on any atom is 0.407 e. The van der Waals surface area contributed by atoms with Crippen molar-refractivity contribution in [3.63, 3.8) is 0 Å². The van der Waals surface area contributed by atoms with E-state index in [1.165, 1.54) is 6.20 Å². The SMILES string of the molecule is [C-]#[N+]c1ncc(NCCNC(=O)OC(C)(C)C)nc1Cl. The van der Waals surface area contributed by atoms with Crippen molar-refractivity contribution in [1.29, 1.82) is 0 Å². The highest BCUT2D eigenvalue weighted by Crippen LogP contribution is 2.20. The van der Waals surface area contributed by atoms with Gasteiger partial charge in [-0.25, -0.2) is 9.78 Å². The summed E-state index contributed by atoms with van der Waals surface area (Å²) in [6.07, 6.45) is 0.930. The van der Waals surface area contributed by atoms with Gasteiger partial charge >= 0.3 is 11.9 Å². The minimum atomic E-state index is -0.522. The number of nitrogens with one attached hydrogen (secondary N) is 2. The van der Waals surface area contributed by atoms with E-state index in [1.807, 2.05) is 0 Å². The van der Waals surface area contributed by atoms with Crippen LogP contribution >= 0.6 is 11.6 Å². The highest BCUT2D eigenvalue weighted by atomic mass is 35.5. The number of hydrogen-bond donors (Lipinski definition) is 2. The zero-order valence-corrected chi connectivity index (χ0v) is 12.3. The summed E-state index contributed by atoms with van der Waals surface area (Å²) in [5.74, 6) is 0.498. The Morgan fingerprint density at radius 2 is 2.20 bits per heavy atom. The van der Waals surface area contributed by atoms with Crippen molar-refractivity contribution in [2.75, 3.05) is 18.4 Å². The van der Waals surface area contributed by atoms with Crippen LogP contribution < -0.4 is 10.6 Å². The Hall–Kier alpha value is -2.07. The molecule has 0 bridgehead atoms. The number of halogens is 1. The van der Waals surface area contributed by atoms with Crippen LogP contribution in [0.1, 0.15) is 20.8 Å². The van der Waals surface area contributed by atoms with Gasteiger partial charge in [-0.2, -0.15) is 0 Å². The molecular weight excluding hydrogens is 282 g/mol. The number of aromatic nitrogens is 2. The van der Waals surface area contributed by atoms with Crippen molar-refractivity contribution in [2.24, 2.45) is 0 Å². The van der Waals surface area contributed by atoms with Crippen molar-refractivity contribution in [3.05, 3.63) is 22.8 Å². The van der Waals surface area contributed by atoms with E-state index in [9.17, 15) is 4.79 Å². The molecule has 0 aliphatic heterocycles. The Morgan fingerprint density at radius 1 is 1.50 bits per heavy atom. The molecule has 0 saturated carbocycles. The largest absolute Gasteiger partial charge is 0.444 e. The molecule has 0 unspecified atom stereocenters. The first-order chi connectivity index (χ1) is 9.31. The Morgan fingerprint density at radius 3 is 2.75 bits per heavy atom. The van der Waals surface area contributed by atoms with Gasteiger partial charge in [-0.05, 0) is 20.8 Å². The molecule has 0 spiro atoms. The molecule has 0 atom stereocenters. The molecule has 2 N–H and O–H groups in total. The van der Waals surface area contributed by atoms with Gasteiger partial charge in [0.15, 0.2) is 17.2 Å². The monoisotopic (exact) mass is 297 g/mol. The zero-order chi connectivity index (χ0) is 15.2. The second-order valence-corrected chi connectivity index (χ2v) is 5.19. The van der Waals surface area contributed by atoms with Gasteiger partial charge in [0.25, 0.3) is 0 Å². The van der Waals surface area contributed by atoms with Gasteiger partial charge in [0.2, 0.25) is 0 Å². The average molecular weight is 298 g/mol. The van der Waals surface area contributed by atoms with Crippen LogP contribution in [0.3, 0.4) is 0 Å². The van der Waals surface area contributed by atoms with E-state index in [2.05, 4.69) is 25.4 Å². The fourth-order valence-corrected chi connectivity index (χ4v) is 1.37. The number of rotatable bonds is 4. The van der Waals surface area contributed by atoms with Gasteiger partial charge in [-0.3, -0.25) is 0 Å². The minimum Gasteiger partial charge on any atom is -0.444 e. The number of carbonyl (C=O) groups excluding carboxylic acids is 1. The Kier molecular flexibility index (Phi) is 5.53. The number of hydrogen-bond acceptors (Lipinski definition) is 5. The van der Waals surface area contributed by atoms with E-state index in [1.54, 1.807) is 20.8 Å². The quantitative estimate of drug-likeness (QED) is 0.659. The Bertz CT molecular complexity index is 522. The van der Waals surface area contributed by atoms with Crippen molar-refractivity contribution in [3.8, 4) is 0 Å². The predicted octanol–water partition coefficient (Wildman–Crippen LogP) is 2.62. The number of ether oxygens (including phenoxy) is 1. The van der Waals surface area contributed by atoms with Crippen LogP contribution in [0.2, 0.25) is 5.15 Å². The van der Waals surface area contributed by atoms with Crippen molar-refractivity contribution in [1.82, 2.24) is 15.3 Å². The molecule has 0 fully saturated rings. The predicted molar refractivity (Wildman–Crippen MR) is 76.0 cm³/mol. The number of nitrogens with zero attached hydrogens (tertiary/aromatic N) is 3. The molecule has 0 saturated heterocycles. The average Bonchev–Trinajstić information content (AvgIpc) is 2.33. The van der Waals surface area contributed by atoms with Crippen molar-refractivity contribution >= 4 is 29.3 Å². The van der Waals surface area contributed by atoms with Crippen LogP contribution in [0, 0.1) is 6.57 Å². The van der Waals surface area contributed by atoms with Crippen LogP contribution in [0.25, 0.3) is 4.85 Å². The van der Waals surface area contributed by atoms with Gasteiger partial charge < -0.3 is 20.2 Å². The van der Waals surface area contributed by atoms with Crippen molar-refractivity contribution in [2.45, 2.75) is 26.4 Å². The second kappa shape index (κ2) is 6.91. The van der Waals surface area contributed by atoms with Crippen molar-refractivity contribution < 1.29 is 9.53 Å². The van der Waals surface area contributed by atoms with Gasteiger partial charge in [0.1, 0.15) is 5.60 Å². The van der Waals surface area contributed by atoms with Crippen LogP contribution in [0.15, 0.2) is 6.20 Å². The third kappa shape index (κ3) is 5.71. The Labute approximate surface area is 122 Å². The lowest BCUT2D eigenvalue weighted by atomic mass is 10.2. The summed E-state index contributed by atoms with van der Waals surface area (Å²) < 4.78 is 5.08. The lowest BCUT2D eigenvalue weighted by Crippen LogP contribution is -2.35. The minimum absolute atomic E-state index is 0.0464. The molecular formula is C12H16ClN5O2. The summed E-state index contributed by atoms with van der Waals surface area (Å²) in [7, 11) is 0. The highest BCUT2D eigenvalue weighted by molar-refractivity contribution is 6.31. The molecule has 1 amide bonds. The zero-order valence-electron chi connectivity index (χ0n) is 11.5. The van der Waals surface area contributed by atoms with E-state index in [-0.39, 0.29) is 11.0 Å². The van der Waals surface area contributed by atoms with Gasteiger partial charge in [0, 0.05) is 13.1 Å². The third-order valence-corrected chi connectivity index (χ3v) is 2.17. The first-order valence-electron chi connectivity index (χ1n) is 5.92. The topological polar surface area (TPSA) is 80.5 Å². The molecule has 108 valence electrons. The van der Waals surface area contributed by atoms with Crippen LogP contribution in [0.5, 0.6) is 0 Å². The normalized spacial score (nSPS) is 10.6. The lowest BCUT2D eigenvalue weighted by Gasteiger charge is -2.19. The summed E-state index contributed by atoms with van der Waals surface area (Å²) in [6, 6.07) is 0. The summed E-state index contributed by atoms with van der Waals surface area (Å²) >= 11 is 5.75.